The fourth-order valence-corrected chi connectivity index (χ4v) is 1.74. The maximum Gasteiger partial charge on any atom is 0.265 e. The Morgan fingerprint density at radius 2 is 2.29 bits per heavy atom. The van der Waals surface area contributed by atoms with Crippen molar-refractivity contribution in [2.45, 2.75) is 6.42 Å². The van der Waals surface area contributed by atoms with Crippen molar-refractivity contribution in [3.63, 3.8) is 0 Å². The third kappa shape index (κ3) is 2.49. The molecule has 0 unspecified atom stereocenters. The largest absolute Gasteiger partial charge is 0.482 e. The van der Waals surface area contributed by atoms with Crippen LogP contribution in [0.2, 0.25) is 0 Å². The number of fused-ring (bicyclic) bond motifs is 1. The van der Waals surface area contributed by atoms with E-state index in [1.165, 1.54) is 0 Å². The molecule has 0 fully saturated rings. The highest BCUT2D eigenvalue weighted by molar-refractivity contribution is 5.97. The molecule has 1 aromatic carbocycles. The van der Waals surface area contributed by atoms with Crippen molar-refractivity contribution in [1.29, 1.82) is 0 Å². The summed E-state index contributed by atoms with van der Waals surface area (Å²) in [6.45, 7) is 1.00. The van der Waals surface area contributed by atoms with Crippen molar-refractivity contribution < 1.29 is 9.53 Å². The van der Waals surface area contributed by atoms with Gasteiger partial charge < -0.3 is 9.64 Å². The fraction of sp³-hybridized carbons (Fsp3) is 0.364. The van der Waals surface area contributed by atoms with Crippen molar-refractivity contribution in [3.05, 3.63) is 34.7 Å². The van der Waals surface area contributed by atoms with Gasteiger partial charge in [0.1, 0.15) is 5.75 Å². The molecule has 6 heteroatoms. The van der Waals surface area contributed by atoms with Gasteiger partial charge in [0.2, 0.25) is 0 Å². The number of carbonyl (C=O) groups is 1. The van der Waals surface area contributed by atoms with Crippen molar-refractivity contribution >= 4 is 11.6 Å². The Balaban J connectivity index is 2.10. The van der Waals surface area contributed by atoms with Crippen molar-refractivity contribution in [2.24, 2.45) is 5.11 Å². The lowest BCUT2D eigenvalue weighted by Crippen LogP contribution is -2.39. The van der Waals surface area contributed by atoms with Crippen LogP contribution in [0.15, 0.2) is 29.4 Å². The van der Waals surface area contributed by atoms with Crippen LogP contribution in [-0.2, 0) is 4.79 Å². The van der Waals surface area contributed by atoms with E-state index in [-0.39, 0.29) is 12.5 Å². The Kier molecular flexibility index (Phi) is 3.47. The molecule has 0 aromatic heterocycles. The topological polar surface area (TPSA) is 78.3 Å². The normalized spacial score (nSPS) is 13.6. The van der Waals surface area contributed by atoms with E-state index in [1.807, 2.05) is 24.3 Å². The van der Waals surface area contributed by atoms with Gasteiger partial charge in [-0.1, -0.05) is 17.2 Å². The first-order chi connectivity index (χ1) is 8.33. The molecule has 2 rings (SSSR count). The summed E-state index contributed by atoms with van der Waals surface area (Å²) in [4.78, 5) is 16.1. The van der Waals surface area contributed by atoms with Crippen molar-refractivity contribution in [3.8, 4) is 5.75 Å². The summed E-state index contributed by atoms with van der Waals surface area (Å²) in [7, 11) is 0. The third-order valence-electron chi connectivity index (χ3n) is 2.51. The number of nitrogens with zero attached hydrogens (tertiary/aromatic N) is 4. The van der Waals surface area contributed by atoms with E-state index in [0.29, 0.717) is 19.5 Å². The van der Waals surface area contributed by atoms with E-state index < -0.39 is 0 Å². The first-order valence-electron chi connectivity index (χ1n) is 5.36. The summed E-state index contributed by atoms with van der Waals surface area (Å²) in [5.41, 5.74) is 8.95. The summed E-state index contributed by atoms with van der Waals surface area (Å²) in [6.07, 6.45) is 0.643. The minimum absolute atomic E-state index is 0.0652. The molecule has 0 radical (unpaired) electrons. The lowest BCUT2D eigenvalue weighted by molar-refractivity contribution is -0.121. The Hall–Kier alpha value is -2.20. The summed E-state index contributed by atoms with van der Waals surface area (Å²) < 4.78 is 5.32. The molecular formula is C11H12N4O2. The Labute approximate surface area is 98.4 Å². The molecule has 1 aliphatic rings. The number of amides is 1. The van der Waals surface area contributed by atoms with Crippen LogP contribution in [0.5, 0.6) is 5.75 Å². The van der Waals surface area contributed by atoms with Crippen LogP contribution in [0, 0.1) is 0 Å². The molecule has 1 aromatic rings. The Morgan fingerprint density at radius 1 is 1.47 bits per heavy atom. The number of anilines is 1. The summed E-state index contributed by atoms with van der Waals surface area (Å²) in [5.74, 6) is 0.653. The number of benzene rings is 1. The molecule has 17 heavy (non-hydrogen) atoms. The quantitative estimate of drug-likeness (QED) is 0.345. The molecule has 0 saturated heterocycles. The molecule has 88 valence electrons. The number of para-hydroxylation sites is 2. The highest BCUT2D eigenvalue weighted by Crippen LogP contribution is 2.31. The van der Waals surface area contributed by atoms with Gasteiger partial charge in [-0.15, -0.1) is 0 Å². The molecular weight excluding hydrogens is 220 g/mol. The molecule has 0 bridgehead atoms. The van der Waals surface area contributed by atoms with Gasteiger partial charge in [-0.25, -0.2) is 0 Å². The molecule has 1 heterocycles. The van der Waals surface area contributed by atoms with Crippen molar-refractivity contribution in [1.82, 2.24) is 0 Å². The predicted molar refractivity (Wildman–Crippen MR) is 62.9 cm³/mol. The van der Waals surface area contributed by atoms with Crippen LogP contribution in [-0.4, -0.2) is 25.6 Å². The lowest BCUT2D eigenvalue weighted by Gasteiger charge is -2.29. The fourth-order valence-electron chi connectivity index (χ4n) is 1.74. The van der Waals surface area contributed by atoms with E-state index in [1.54, 1.807) is 4.90 Å². The van der Waals surface area contributed by atoms with E-state index >= 15 is 0 Å². The SMILES string of the molecule is [N-]=[N+]=NCCCN1C(=O)COc2ccccc21. The van der Waals surface area contributed by atoms with Crippen LogP contribution >= 0.6 is 0 Å². The van der Waals surface area contributed by atoms with Gasteiger partial charge in [0.15, 0.2) is 6.61 Å². The predicted octanol–water partition coefficient (Wildman–Crippen LogP) is 2.11. The zero-order chi connectivity index (χ0) is 12.1. The molecule has 1 aliphatic heterocycles. The standard InChI is InChI=1S/C11H12N4O2/c12-14-13-6-3-7-15-9-4-1-2-5-10(9)17-8-11(15)16/h1-2,4-5H,3,6-8H2. The first kappa shape index (κ1) is 11.3. The monoisotopic (exact) mass is 232 g/mol. The highest BCUT2D eigenvalue weighted by atomic mass is 16.5. The maximum absolute atomic E-state index is 11.7. The smallest absolute Gasteiger partial charge is 0.265 e. The summed E-state index contributed by atoms with van der Waals surface area (Å²) >= 11 is 0. The van der Waals surface area contributed by atoms with E-state index in [0.717, 1.165) is 11.4 Å². The third-order valence-corrected chi connectivity index (χ3v) is 2.51. The number of azide groups is 1. The van der Waals surface area contributed by atoms with Crippen LogP contribution in [0.25, 0.3) is 10.4 Å². The average molecular weight is 232 g/mol. The molecule has 0 saturated carbocycles. The van der Waals surface area contributed by atoms with E-state index in [2.05, 4.69) is 10.0 Å². The number of carbonyl (C=O) groups excluding carboxylic acids is 1. The number of hydrogen-bond acceptors (Lipinski definition) is 3. The van der Waals surface area contributed by atoms with Gasteiger partial charge in [-0.2, -0.15) is 0 Å². The number of rotatable bonds is 4. The lowest BCUT2D eigenvalue weighted by atomic mass is 10.2. The molecule has 0 spiro atoms. The van der Waals surface area contributed by atoms with E-state index in [4.69, 9.17) is 10.3 Å². The minimum Gasteiger partial charge on any atom is -0.482 e. The van der Waals surface area contributed by atoms with Crippen LogP contribution in [0.4, 0.5) is 5.69 Å². The van der Waals surface area contributed by atoms with Gasteiger partial charge in [0.05, 0.1) is 5.69 Å². The zero-order valence-electron chi connectivity index (χ0n) is 9.24. The first-order valence-corrected chi connectivity index (χ1v) is 5.36. The minimum atomic E-state index is -0.0652. The Morgan fingerprint density at radius 3 is 3.12 bits per heavy atom. The maximum atomic E-state index is 11.7. The van der Waals surface area contributed by atoms with Crippen LogP contribution < -0.4 is 9.64 Å². The summed E-state index contributed by atoms with van der Waals surface area (Å²) in [6, 6.07) is 7.41. The molecule has 0 aliphatic carbocycles. The second kappa shape index (κ2) is 5.23. The highest BCUT2D eigenvalue weighted by Gasteiger charge is 2.24. The average Bonchev–Trinajstić information content (AvgIpc) is 2.37. The number of hydrogen-bond donors (Lipinski definition) is 0. The second-order valence-corrected chi connectivity index (χ2v) is 3.61. The van der Waals surface area contributed by atoms with E-state index in [9.17, 15) is 4.79 Å². The van der Waals surface area contributed by atoms with Gasteiger partial charge in [0, 0.05) is 18.0 Å². The van der Waals surface area contributed by atoms with Crippen LogP contribution in [0.1, 0.15) is 6.42 Å². The molecule has 0 N–H and O–H groups in total. The molecule has 6 nitrogen and oxygen atoms in total. The zero-order valence-corrected chi connectivity index (χ0v) is 9.24. The van der Waals surface area contributed by atoms with Gasteiger partial charge in [0.25, 0.3) is 5.91 Å². The summed E-state index contributed by atoms with van der Waals surface area (Å²) in [5, 5.41) is 3.45. The second-order valence-electron chi connectivity index (χ2n) is 3.61. The molecule has 0 atom stereocenters. The van der Waals surface area contributed by atoms with Crippen LogP contribution in [0.3, 0.4) is 0 Å². The Bertz CT molecular complexity index is 468. The van der Waals surface area contributed by atoms with Gasteiger partial charge >= 0.3 is 0 Å². The van der Waals surface area contributed by atoms with Gasteiger partial charge in [-0.3, -0.25) is 4.79 Å². The number of ether oxygens (including phenoxy) is 1. The van der Waals surface area contributed by atoms with Crippen molar-refractivity contribution in [2.75, 3.05) is 24.6 Å². The molecule has 1 amide bonds. The van der Waals surface area contributed by atoms with Gasteiger partial charge in [-0.05, 0) is 24.1 Å².